The van der Waals surface area contributed by atoms with Gasteiger partial charge in [0.25, 0.3) is 0 Å². The fourth-order valence-electron chi connectivity index (χ4n) is 12.4. The number of benzene rings is 8. The van der Waals surface area contributed by atoms with Gasteiger partial charge < -0.3 is 76.9 Å². The van der Waals surface area contributed by atoms with Crippen LogP contribution in [0.3, 0.4) is 0 Å². The summed E-state index contributed by atoms with van der Waals surface area (Å²) in [6, 6.07) is 74.9. The number of ether oxygens (including phenoxy) is 14. The predicted molar refractivity (Wildman–Crippen MR) is 381 cm³/mol. The van der Waals surface area contributed by atoms with Crippen molar-refractivity contribution in [1.29, 1.82) is 0 Å². The Kier molecular flexibility index (Phi) is 30.0. The second-order valence-corrected chi connectivity index (χ2v) is 26.2. The molecule has 0 aromatic heterocycles. The first-order chi connectivity index (χ1) is 51.0. The Morgan fingerprint density at radius 3 is 1.19 bits per heavy atom. The van der Waals surface area contributed by atoms with Gasteiger partial charge in [0, 0.05) is 25.0 Å². The minimum absolute atomic E-state index is 0.0137. The van der Waals surface area contributed by atoms with Crippen LogP contribution in [0.25, 0.3) is 0 Å². The van der Waals surface area contributed by atoms with Crippen molar-refractivity contribution in [2.45, 2.75) is 166 Å². The van der Waals surface area contributed by atoms with Crippen molar-refractivity contribution < 1.29 is 94.3 Å². The fourth-order valence-corrected chi connectivity index (χ4v) is 13.0. The van der Waals surface area contributed by atoms with Gasteiger partial charge in [-0.05, 0) is 51.4 Å². The maximum absolute atomic E-state index is 14.4. The van der Waals surface area contributed by atoms with Crippen LogP contribution in [0.1, 0.15) is 65.3 Å². The van der Waals surface area contributed by atoms with Crippen LogP contribution >= 0.6 is 8.25 Å². The van der Waals surface area contributed by atoms with Crippen LogP contribution in [-0.4, -0.2) is 136 Å². The lowest BCUT2D eigenvalue weighted by atomic mass is 9.94. The van der Waals surface area contributed by atoms with Crippen LogP contribution < -0.4 is 10.6 Å². The largest absolute Gasteiger partial charge is 0.700 e. The van der Waals surface area contributed by atoms with E-state index in [4.69, 9.17) is 75.4 Å². The zero-order valence-corrected chi connectivity index (χ0v) is 59.2. The van der Waals surface area contributed by atoms with Crippen molar-refractivity contribution in [2.75, 3.05) is 26.4 Å². The lowest BCUT2D eigenvalue weighted by Gasteiger charge is -2.51. The summed E-state index contributed by atoms with van der Waals surface area (Å²) in [6.45, 7) is 4.26. The van der Waals surface area contributed by atoms with E-state index in [1.807, 2.05) is 243 Å². The molecule has 8 aromatic carbocycles. The molecular formula is C81H90N2O20P+. The Morgan fingerprint density at radius 2 is 0.760 bits per heavy atom. The average molecular weight is 1440 g/mol. The number of alkyl carbamates (subject to hydrolysis) is 1. The molecule has 2 amide bonds. The molecule has 3 heterocycles. The highest BCUT2D eigenvalue weighted by molar-refractivity contribution is 7.33. The number of hydrogen-bond donors (Lipinski definition) is 2. The lowest BCUT2D eigenvalue weighted by molar-refractivity contribution is -0.386. The third-order valence-corrected chi connectivity index (χ3v) is 18.2. The molecule has 3 aliphatic rings. The summed E-state index contributed by atoms with van der Waals surface area (Å²) >= 11 is 0. The summed E-state index contributed by atoms with van der Waals surface area (Å²) in [5.74, 6) is -1.11. The molecule has 23 heteroatoms. The number of carbonyl (C=O) groups excluding carboxylic acids is 3. The van der Waals surface area contributed by atoms with Gasteiger partial charge in [-0.2, -0.15) is 0 Å². The summed E-state index contributed by atoms with van der Waals surface area (Å²) < 4.78 is 123. The highest BCUT2D eigenvalue weighted by Crippen LogP contribution is 2.41. The second-order valence-electron chi connectivity index (χ2n) is 25.3. The monoisotopic (exact) mass is 1440 g/mol. The molecule has 3 saturated heterocycles. The molecule has 0 aliphatic carbocycles. The van der Waals surface area contributed by atoms with Gasteiger partial charge in [-0.1, -0.05) is 247 Å². The van der Waals surface area contributed by atoms with Gasteiger partial charge in [0.15, 0.2) is 18.7 Å². The molecule has 104 heavy (non-hydrogen) atoms. The Labute approximate surface area is 607 Å². The van der Waals surface area contributed by atoms with Crippen molar-refractivity contribution in [2.24, 2.45) is 0 Å². The minimum Gasteiger partial charge on any atom is -0.457 e. The Balaban J connectivity index is 0.994. The molecule has 3 aliphatic heterocycles. The summed E-state index contributed by atoms with van der Waals surface area (Å²) in [4.78, 5) is 40.0. The van der Waals surface area contributed by atoms with E-state index in [1.54, 1.807) is 6.92 Å². The number of carbonyl (C=O) groups is 3. The maximum Gasteiger partial charge on any atom is 0.700 e. The van der Waals surface area contributed by atoms with Gasteiger partial charge in [0.05, 0.1) is 65.6 Å². The van der Waals surface area contributed by atoms with Crippen LogP contribution in [0.5, 0.6) is 0 Å². The van der Waals surface area contributed by atoms with Crippen LogP contribution in [0.2, 0.25) is 0 Å². The van der Waals surface area contributed by atoms with Gasteiger partial charge in [0.2, 0.25) is 12.2 Å². The third-order valence-electron chi connectivity index (χ3n) is 17.4. The molecule has 16 atom stereocenters. The van der Waals surface area contributed by atoms with Gasteiger partial charge >= 0.3 is 20.3 Å². The number of hydrogen-bond acceptors (Lipinski definition) is 20. The number of rotatable bonds is 37. The van der Waals surface area contributed by atoms with Crippen molar-refractivity contribution >= 4 is 26.2 Å². The molecule has 22 nitrogen and oxygen atoms in total. The standard InChI is InChI=1S/C81H89N2O20P/c1-56-70(90-48-61-32-16-6-17-33-61)74(92-50-63-36-20-8-21-37-63)77(80(97-56)103-104(87)96-45-44-82-81(86)95-53-66-42-26-11-27-43-66)102-79-76(94-52-65-40-24-10-25-41-65)75(93-51-64-38-22-9-23-39-64)72(68(100-79)55-89-47-60-30-14-5-15-31-60)101-78-69(83-57(2)84)73(91-49-62-34-18-7-19-35-62)71(98-58(3)85)67(99-78)54-88-46-59-28-12-4-13-29-59/h4-43,56,67-80H,44-55H2,1-3H3,(H-,82,83,84,86)/p+1/t56-,67+,68+,69-,70-,71+,72+,73+,74+,75-,76+,77+,78-,79+,80-/m0/s1. The summed E-state index contributed by atoms with van der Waals surface area (Å²) in [7, 11) is -3.05. The highest BCUT2D eigenvalue weighted by atomic mass is 31.1. The van der Waals surface area contributed by atoms with Crippen molar-refractivity contribution in [3.8, 4) is 0 Å². The van der Waals surface area contributed by atoms with E-state index < -0.39 is 118 Å². The number of amides is 2. The van der Waals surface area contributed by atoms with Crippen LogP contribution in [0, 0.1) is 0 Å². The van der Waals surface area contributed by atoms with Crippen molar-refractivity contribution in [3.05, 3.63) is 287 Å². The number of nitrogens with one attached hydrogen (secondary N) is 2. The van der Waals surface area contributed by atoms with E-state index in [0.29, 0.717) is 0 Å². The Morgan fingerprint density at radius 1 is 0.394 bits per heavy atom. The van der Waals surface area contributed by atoms with Gasteiger partial charge in [-0.15, -0.1) is 4.52 Å². The first-order valence-electron chi connectivity index (χ1n) is 34.9. The molecule has 2 N–H and O–H groups in total. The molecule has 0 radical (unpaired) electrons. The smallest absolute Gasteiger partial charge is 0.457 e. The Hall–Kier alpha value is -8.49. The normalized spacial score (nSPS) is 24.7. The summed E-state index contributed by atoms with van der Waals surface area (Å²) in [6.07, 6.45) is -17.8. The maximum atomic E-state index is 14.4. The molecule has 8 aromatic rings. The average Bonchev–Trinajstić information content (AvgIpc) is 0.750. The van der Waals surface area contributed by atoms with E-state index in [0.717, 1.165) is 44.5 Å². The van der Waals surface area contributed by atoms with E-state index in [2.05, 4.69) is 10.6 Å². The molecule has 1 unspecified atom stereocenters. The van der Waals surface area contributed by atoms with Crippen molar-refractivity contribution in [3.63, 3.8) is 0 Å². The third kappa shape index (κ3) is 23.5. The van der Waals surface area contributed by atoms with Gasteiger partial charge in [-0.3, -0.25) is 9.59 Å². The molecule has 11 rings (SSSR count). The van der Waals surface area contributed by atoms with Gasteiger partial charge in [0.1, 0.15) is 74.2 Å². The quantitative estimate of drug-likeness (QED) is 0.0209. The van der Waals surface area contributed by atoms with E-state index >= 15 is 0 Å². The van der Waals surface area contributed by atoms with Crippen LogP contribution in [0.15, 0.2) is 243 Å². The molecular weight excluding hydrogens is 1350 g/mol. The molecule has 548 valence electrons. The first kappa shape index (κ1) is 76.6. The van der Waals surface area contributed by atoms with E-state index in [9.17, 15) is 18.9 Å². The van der Waals surface area contributed by atoms with Crippen LogP contribution in [0.4, 0.5) is 4.79 Å². The fraction of sp³-hybridized carbons (Fsp3) is 0.370. The lowest BCUT2D eigenvalue weighted by Crippen LogP contribution is -2.69. The van der Waals surface area contributed by atoms with Gasteiger partial charge in [-0.25, -0.2) is 4.79 Å². The molecule has 0 spiro atoms. The second kappa shape index (κ2) is 40.7. The predicted octanol–water partition coefficient (Wildman–Crippen LogP) is 12.4. The SMILES string of the molecule is CC(=O)N[C@@H]1[C@H](O[C@H]2[C@H](OCc3ccccc3)[C@@H](OCc3ccccc3)[C@@H](O[C@H]3[C@H](O[P+](=O)OCCNC(=O)OCc4ccccc4)O[C@@H](C)[C@H](OCc4ccccc4)[C@H]3OCc3ccccc3)O[C@@H]2COCc2ccccc2)O[C@H](COCc2ccccc2)[C@@H](OC(C)=O)[C@@H]1OCc1ccccc1. The number of esters is 1. The minimum atomic E-state index is -3.05. The zero-order chi connectivity index (χ0) is 72.1. The first-order valence-corrected chi connectivity index (χ1v) is 36.0. The topological polar surface area (TPSA) is 240 Å². The molecule has 3 fully saturated rings. The van der Waals surface area contributed by atoms with Crippen LogP contribution in [-0.2, 0) is 142 Å². The molecule has 0 bridgehead atoms. The van der Waals surface area contributed by atoms with E-state index in [1.165, 1.54) is 13.8 Å². The van der Waals surface area contributed by atoms with E-state index in [-0.39, 0.29) is 79.2 Å². The zero-order valence-electron chi connectivity index (χ0n) is 58.4. The summed E-state index contributed by atoms with van der Waals surface area (Å²) in [5, 5.41) is 5.70. The van der Waals surface area contributed by atoms with Crippen molar-refractivity contribution in [1.82, 2.24) is 10.6 Å². The molecule has 0 saturated carbocycles. The summed E-state index contributed by atoms with van der Waals surface area (Å²) in [5.41, 5.74) is 6.57. The Bertz CT molecular complexity index is 3810. The highest BCUT2D eigenvalue weighted by Gasteiger charge is 2.58.